The number of aliphatic imine (C=N–C) groups is 1. The molecule has 1 aromatic rings. The number of nitrogens with zero attached hydrogens (tertiary/aromatic N) is 3. The largest absolute Gasteiger partial charge is 0.444 e. The highest BCUT2D eigenvalue weighted by Crippen LogP contribution is 2.15. The van der Waals surface area contributed by atoms with Crippen molar-refractivity contribution in [3.8, 4) is 0 Å². The predicted molar refractivity (Wildman–Crippen MR) is 134 cm³/mol. The number of alkyl carbamates (subject to hydrolysis) is 1. The Hall–Kier alpha value is -1.82. The smallest absolute Gasteiger partial charge is 0.407 e. The molecule has 176 valence electrons. The van der Waals surface area contributed by atoms with E-state index < -0.39 is 11.7 Å². The molecule has 1 amide bonds. The average molecular weight is 548 g/mol. The van der Waals surface area contributed by atoms with Crippen LogP contribution in [0.15, 0.2) is 23.3 Å². The van der Waals surface area contributed by atoms with Gasteiger partial charge in [0.2, 0.25) is 0 Å². The summed E-state index contributed by atoms with van der Waals surface area (Å²) in [6.07, 6.45) is 1.67. The van der Waals surface area contributed by atoms with E-state index in [1.54, 1.807) is 0 Å². The van der Waals surface area contributed by atoms with Gasteiger partial charge in [-0.1, -0.05) is 6.07 Å². The standard InChI is InChI=1S/C21H36N6O3.HI/c1-6-22-19(23-9-10-24-20(28)30-21(3,4)5)26-14-17-7-8-18(25-13-17)27-11-12-29-16(2)15-27;/h7-8,13,16H,6,9-12,14-15H2,1-5H3,(H,24,28)(H2,22,23,26);1H. The molecule has 2 heterocycles. The van der Waals surface area contributed by atoms with Gasteiger partial charge < -0.3 is 30.3 Å². The van der Waals surface area contributed by atoms with E-state index in [0.717, 1.165) is 37.6 Å². The highest BCUT2D eigenvalue weighted by molar-refractivity contribution is 14.0. The fourth-order valence-corrected chi connectivity index (χ4v) is 2.90. The lowest BCUT2D eigenvalue weighted by Crippen LogP contribution is -2.42. The fraction of sp³-hybridized carbons (Fsp3) is 0.667. The second-order valence-electron chi connectivity index (χ2n) is 8.20. The number of amides is 1. The van der Waals surface area contributed by atoms with Crippen LogP contribution >= 0.6 is 24.0 Å². The summed E-state index contributed by atoms with van der Waals surface area (Å²) < 4.78 is 10.8. The first-order valence-corrected chi connectivity index (χ1v) is 10.6. The molecular formula is C21H37IN6O3. The Morgan fingerprint density at radius 2 is 2.03 bits per heavy atom. The van der Waals surface area contributed by atoms with Gasteiger partial charge in [-0.05, 0) is 46.2 Å². The van der Waals surface area contributed by atoms with Crippen molar-refractivity contribution in [2.24, 2.45) is 4.99 Å². The number of hydrogen-bond donors (Lipinski definition) is 3. The van der Waals surface area contributed by atoms with Gasteiger partial charge in [-0.3, -0.25) is 0 Å². The van der Waals surface area contributed by atoms with Crippen molar-refractivity contribution in [3.63, 3.8) is 0 Å². The van der Waals surface area contributed by atoms with E-state index in [-0.39, 0.29) is 30.1 Å². The maximum Gasteiger partial charge on any atom is 0.407 e. The fourth-order valence-electron chi connectivity index (χ4n) is 2.90. The van der Waals surface area contributed by atoms with E-state index in [0.29, 0.717) is 25.6 Å². The van der Waals surface area contributed by atoms with E-state index >= 15 is 0 Å². The Morgan fingerprint density at radius 3 is 2.65 bits per heavy atom. The van der Waals surface area contributed by atoms with Gasteiger partial charge in [-0.2, -0.15) is 0 Å². The summed E-state index contributed by atoms with van der Waals surface area (Å²) in [5.74, 6) is 1.66. The van der Waals surface area contributed by atoms with Gasteiger partial charge in [0.05, 0.1) is 19.3 Å². The van der Waals surface area contributed by atoms with E-state index in [1.165, 1.54) is 0 Å². The average Bonchev–Trinajstić information content (AvgIpc) is 2.68. The molecule has 10 heteroatoms. The highest BCUT2D eigenvalue weighted by atomic mass is 127. The molecule has 1 saturated heterocycles. The van der Waals surface area contributed by atoms with Crippen LogP contribution in [0.2, 0.25) is 0 Å². The second kappa shape index (κ2) is 13.6. The third-order valence-corrected chi connectivity index (χ3v) is 4.22. The lowest BCUT2D eigenvalue weighted by atomic mass is 10.2. The van der Waals surface area contributed by atoms with Crippen molar-refractivity contribution in [1.82, 2.24) is 20.9 Å². The third kappa shape index (κ3) is 10.9. The van der Waals surface area contributed by atoms with Gasteiger partial charge in [0.1, 0.15) is 11.4 Å². The van der Waals surface area contributed by atoms with Crippen LogP contribution in [0.4, 0.5) is 10.6 Å². The van der Waals surface area contributed by atoms with E-state index in [1.807, 2.05) is 40.0 Å². The molecule has 0 spiro atoms. The van der Waals surface area contributed by atoms with Crippen molar-refractivity contribution >= 4 is 41.8 Å². The van der Waals surface area contributed by atoms with Crippen LogP contribution in [0, 0.1) is 0 Å². The summed E-state index contributed by atoms with van der Waals surface area (Å²) in [5.41, 5.74) is 0.529. The van der Waals surface area contributed by atoms with E-state index in [2.05, 4.69) is 43.8 Å². The highest BCUT2D eigenvalue weighted by Gasteiger charge is 2.18. The molecule has 9 nitrogen and oxygen atoms in total. The minimum Gasteiger partial charge on any atom is -0.444 e. The first-order chi connectivity index (χ1) is 14.3. The number of carbonyl (C=O) groups is 1. The van der Waals surface area contributed by atoms with Gasteiger partial charge in [-0.15, -0.1) is 24.0 Å². The topological polar surface area (TPSA) is 100 Å². The van der Waals surface area contributed by atoms with Crippen LogP contribution in [0.3, 0.4) is 0 Å². The molecule has 1 aliphatic rings. The van der Waals surface area contributed by atoms with Gasteiger partial charge in [0.25, 0.3) is 0 Å². The maximum atomic E-state index is 11.7. The molecule has 0 saturated carbocycles. The quantitative estimate of drug-likeness (QED) is 0.209. The van der Waals surface area contributed by atoms with Crippen LogP contribution in [0.25, 0.3) is 0 Å². The molecule has 3 N–H and O–H groups in total. The van der Waals surface area contributed by atoms with Crippen LogP contribution in [0.5, 0.6) is 0 Å². The summed E-state index contributed by atoms with van der Waals surface area (Å²) in [7, 11) is 0. The lowest BCUT2D eigenvalue weighted by Gasteiger charge is -2.32. The molecule has 1 unspecified atom stereocenters. The minimum absolute atomic E-state index is 0. The maximum absolute atomic E-state index is 11.7. The molecule has 2 rings (SSSR count). The number of aromatic nitrogens is 1. The van der Waals surface area contributed by atoms with Crippen molar-refractivity contribution in [3.05, 3.63) is 23.9 Å². The Bertz CT molecular complexity index is 693. The Balaban J connectivity index is 0.00000480. The third-order valence-electron chi connectivity index (χ3n) is 4.22. The zero-order valence-corrected chi connectivity index (χ0v) is 21.6. The first kappa shape index (κ1) is 27.2. The van der Waals surface area contributed by atoms with Gasteiger partial charge in [0.15, 0.2) is 5.96 Å². The zero-order chi connectivity index (χ0) is 22.0. The number of ether oxygens (including phenoxy) is 2. The van der Waals surface area contributed by atoms with Crippen LogP contribution in [-0.2, 0) is 16.0 Å². The molecule has 1 aliphatic heterocycles. The zero-order valence-electron chi connectivity index (χ0n) is 19.2. The summed E-state index contributed by atoms with van der Waals surface area (Å²) in [5, 5.41) is 9.12. The van der Waals surface area contributed by atoms with Crippen molar-refractivity contribution in [1.29, 1.82) is 0 Å². The molecular weight excluding hydrogens is 511 g/mol. The van der Waals surface area contributed by atoms with Gasteiger partial charge in [0, 0.05) is 38.9 Å². The number of morpholine rings is 1. The first-order valence-electron chi connectivity index (χ1n) is 10.6. The summed E-state index contributed by atoms with van der Waals surface area (Å²) in [4.78, 5) is 23.1. The van der Waals surface area contributed by atoms with Crippen molar-refractivity contribution < 1.29 is 14.3 Å². The number of guanidine groups is 1. The van der Waals surface area contributed by atoms with E-state index in [4.69, 9.17) is 9.47 Å². The van der Waals surface area contributed by atoms with Crippen LogP contribution < -0.4 is 20.9 Å². The number of carbonyl (C=O) groups excluding carboxylic acids is 1. The Labute approximate surface area is 202 Å². The number of hydrogen-bond acceptors (Lipinski definition) is 6. The second-order valence-corrected chi connectivity index (χ2v) is 8.20. The normalized spacial score (nSPS) is 16.9. The molecule has 0 bridgehead atoms. The Kier molecular flexibility index (Phi) is 11.9. The molecule has 0 aliphatic carbocycles. The van der Waals surface area contributed by atoms with Crippen LogP contribution in [0.1, 0.15) is 40.2 Å². The SMILES string of the molecule is CCNC(=NCc1ccc(N2CCOC(C)C2)nc1)NCCNC(=O)OC(C)(C)C.I. The molecule has 31 heavy (non-hydrogen) atoms. The van der Waals surface area contributed by atoms with Gasteiger partial charge in [-0.25, -0.2) is 14.8 Å². The molecule has 1 aromatic heterocycles. The molecule has 1 fully saturated rings. The minimum atomic E-state index is -0.502. The predicted octanol–water partition coefficient (Wildman–Crippen LogP) is 2.50. The number of pyridine rings is 1. The Morgan fingerprint density at radius 1 is 1.29 bits per heavy atom. The molecule has 0 aromatic carbocycles. The van der Waals surface area contributed by atoms with Crippen molar-refractivity contribution in [2.45, 2.75) is 52.9 Å². The monoisotopic (exact) mass is 548 g/mol. The van der Waals surface area contributed by atoms with Gasteiger partial charge >= 0.3 is 6.09 Å². The molecule has 0 radical (unpaired) electrons. The number of rotatable bonds is 7. The van der Waals surface area contributed by atoms with E-state index in [9.17, 15) is 4.79 Å². The summed E-state index contributed by atoms with van der Waals surface area (Å²) in [6, 6.07) is 4.09. The summed E-state index contributed by atoms with van der Waals surface area (Å²) in [6.45, 7) is 14.3. The van der Waals surface area contributed by atoms with Crippen LogP contribution in [-0.4, -0.2) is 68.1 Å². The number of anilines is 1. The number of nitrogens with one attached hydrogen (secondary N) is 3. The molecule has 1 atom stereocenters. The number of halogens is 1. The summed E-state index contributed by atoms with van der Waals surface area (Å²) >= 11 is 0. The lowest BCUT2D eigenvalue weighted by molar-refractivity contribution is 0.0524. The van der Waals surface area contributed by atoms with Crippen molar-refractivity contribution in [2.75, 3.05) is 44.2 Å².